The molecule has 4 nitrogen and oxygen atoms in total. The zero-order valence-corrected chi connectivity index (χ0v) is 15.3. The summed E-state index contributed by atoms with van der Waals surface area (Å²) in [6.07, 6.45) is 0. The van der Waals surface area contributed by atoms with Crippen LogP contribution in [-0.4, -0.2) is 5.91 Å². The summed E-state index contributed by atoms with van der Waals surface area (Å²) >= 11 is 18.3. The summed E-state index contributed by atoms with van der Waals surface area (Å²) in [5, 5.41) is 4.09. The SMILES string of the molecule is Cc1cc(N)cc(Cl)c1NC(=O)c1ccc(-c2cc(Cl)ccc2Cl)o1. The van der Waals surface area contributed by atoms with Crippen LogP contribution in [0.25, 0.3) is 11.3 Å². The second-order valence-corrected chi connectivity index (χ2v) is 6.69. The van der Waals surface area contributed by atoms with E-state index in [4.69, 9.17) is 45.0 Å². The van der Waals surface area contributed by atoms with Crippen molar-refractivity contribution < 1.29 is 9.21 Å². The van der Waals surface area contributed by atoms with Gasteiger partial charge in [0, 0.05) is 16.3 Å². The van der Waals surface area contributed by atoms with E-state index in [-0.39, 0.29) is 5.76 Å². The Morgan fingerprint density at radius 1 is 1.04 bits per heavy atom. The average Bonchev–Trinajstić information content (AvgIpc) is 3.03. The number of carbonyl (C=O) groups is 1. The molecule has 0 aliphatic carbocycles. The lowest BCUT2D eigenvalue weighted by Gasteiger charge is -2.10. The molecule has 25 heavy (non-hydrogen) atoms. The lowest BCUT2D eigenvalue weighted by molar-refractivity contribution is 0.0997. The second-order valence-electron chi connectivity index (χ2n) is 5.44. The summed E-state index contributed by atoms with van der Waals surface area (Å²) in [7, 11) is 0. The van der Waals surface area contributed by atoms with Crippen LogP contribution in [-0.2, 0) is 0 Å². The summed E-state index contributed by atoms with van der Waals surface area (Å²) in [6.45, 7) is 1.80. The number of nitrogens with one attached hydrogen (secondary N) is 1. The van der Waals surface area contributed by atoms with Gasteiger partial charge in [-0.15, -0.1) is 0 Å². The Bertz CT molecular complexity index is 944. The Balaban J connectivity index is 1.88. The van der Waals surface area contributed by atoms with Crippen molar-refractivity contribution in [3.05, 3.63) is 68.9 Å². The van der Waals surface area contributed by atoms with E-state index in [1.54, 1.807) is 49.4 Å². The van der Waals surface area contributed by atoms with E-state index in [1.807, 2.05) is 0 Å². The Labute approximate surface area is 159 Å². The summed E-state index contributed by atoms with van der Waals surface area (Å²) in [6, 6.07) is 11.5. The van der Waals surface area contributed by atoms with Gasteiger partial charge in [0.1, 0.15) is 5.76 Å². The first-order chi connectivity index (χ1) is 11.8. The van der Waals surface area contributed by atoms with E-state index in [9.17, 15) is 4.79 Å². The van der Waals surface area contributed by atoms with Crippen LogP contribution in [0.4, 0.5) is 11.4 Å². The molecule has 3 aromatic rings. The summed E-state index contributed by atoms with van der Waals surface area (Å²) < 4.78 is 5.62. The summed E-state index contributed by atoms with van der Waals surface area (Å²) in [4.78, 5) is 12.4. The molecule has 0 bridgehead atoms. The van der Waals surface area contributed by atoms with Crippen LogP contribution in [0.3, 0.4) is 0 Å². The van der Waals surface area contributed by atoms with E-state index >= 15 is 0 Å². The van der Waals surface area contributed by atoms with Crippen molar-refractivity contribution in [2.24, 2.45) is 0 Å². The Morgan fingerprint density at radius 3 is 2.52 bits per heavy atom. The number of benzene rings is 2. The van der Waals surface area contributed by atoms with Gasteiger partial charge in [-0.2, -0.15) is 0 Å². The van der Waals surface area contributed by atoms with E-state index in [0.29, 0.717) is 37.8 Å². The van der Waals surface area contributed by atoms with E-state index in [0.717, 1.165) is 5.56 Å². The van der Waals surface area contributed by atoms with Crippen LogP contribution in [0.15, 0.2) is 46.9 Å². The summed E-state index contributed by atoms with van der Waals surface area (Å²) in [5.74, 6) is 0.135. The third kappa shape index (κ3) is 3.76. The number of nitrogens with two attached hydrogens (primary N) is 1. The van der Waals surface area contributed by atoms with Gasteiger partial charge in [-0.1, -0.05) is 34.8 Å². The van der Waals surface area contributed by atoms with Crippen LogP contribution >= 0.6 is 34.8 Å². The molecule has 1 amide bonds. The highest BCUT2D eigenvalue weighted by Gasteiger charge is 2.16. The first-order valence-corrected chi connectivity index (χ1v) is 8.41. The van der Waals surface area contributed by atoms with Crippen molar-refractivity contribution in [3.63, 3.8) is 0 Å². The van der Waals surface area contributed by atoms with Crippen LogP contribution in [0, 0.1) is 6.92 Å². The minimum atomic E-state index is -0.431. The number of halogens is 3. The number of rotatable bonds is 3. The molecule has 7 heteroatoms. The highest BCUT2D eigenvalue weighted by atomic mass is 35.5. The predicted octanol–water partition coefficient (Wildman–Crippen LogP) is 6.05. The Kier molecular flexibility index (Phi) is 4.95. The number of furan rings is 1. The molecule has 0 aliphatic heterocycles. The number of nitrogen functional groups attached to an aromatic ring is 1. The van der Waals surface area contributed by atoms with Gasteiger partial charge in [0.15, 0.2) is 5.76 Å². The first kappa shape index (κ1) is 17.7. The van der Waals surface area contributed by atoms with Crippen LogP contribution < -0.4 is 11.1 Å². The number of amides is 1. The lowest BCUT2D eigenvalue weighted by atomic mass is 10.1. The smallest absolute Gasteiger partial charge is 0.291 e. The molecule has 128 valence electrons. The molecular formula is C18H13Cl3N2O2. The van der Waals surface area contributed by atoms with Gasteiger partial charge >= 0.3 is 0 Å². The molecule has 0 aliphatic rings. The fourth-order valence-corrected chi connectivity index (χ4v) is 3.10. The molecule has 0 fully saturated rings. The molecule has 0 atom stereocenters. The van der Waals surface area contributed by atoms with Gasteiger partial charge in [0.2, 0.25) is 0 Å². The predicted molar refractivity (Wildman–Crippen MR) is 103 cm³/mol. The highest BCUT2D eigenvalue weighted by Crippen LogP contribution is 2.33. The van der Waals surface area contributed by atoms with Crippen molar-refractivity contribution >= 4 is 52.1 Å². The Morgan fingerprint density at radius 2 is 1.80 bits per heavy atom. The van der Waals surface area contributed by atoms with E-state index in [2.05, 4.69) is 5.32 Å². The number of anilines is 2. The second kappa shape index (κ2) is 7.00. The van der Waals surface area contributed by atoms with Crippen molar-refractivity contribution in [2.75, 3.05) is 11.1 Å². The van der Waals surface area contributed by atoms with Crippen LogP contribution in [0.5, 0.6) is 0 Å². The first-order valence-electron chi connectivity index (χ1n) is 7.27. The standard InChI is InChI=1S/C18H13Cl3N2O2/c1-9-6-11(22)8-14(21)17(9)23-18(24)16-5-4-15(25-16)12-7-10(19)2-3-13(12)20/h2-8H,22H2,1H3,(H,23,24). The quantitative estimate of drug-likeness (QED) is 0.530. The molecule has 3 rings (SSSR count). The number of aryl methyl sites for hydroxylation is 1. The van der Waals surface area contributed by atoms with Gasteiger partial charge in [0.05, 0.1) is 15.7 Å². The van der Waals surface area contributed by atoms with Crippen molar-refractivity contribution in [3.8, 4) is 11.3 Å². The van der Waals surface area contributed by atoms with Gasteiger partial charge in [0.25, 0.3) is 5.91 Å². The maximum atomic E-state index is 12.4. The third-order valence-corrected chi connectivity index (χ3v) is 4.43. The number of carbonyl (C=O) groups excluding carboxylic acids is 1. The van der Waals surface area contributed by atoms with Crippen LogP contribution in [0.2, 0.25) is 15.1 Å². The van der Waals surface area contributed by atoms with Crippen LogP contribution in [0.1, 0.15) is 16.1 Å². The molecule has 2 aromatic carbocycles. The lowest BCUT2D eigenvalue weighted by Crippen LogP contribution is -2.12. The number of hydrogen-bond donors (Lipinski definition) is 2. The maximum Gasteiger partial charge on any atom is 0.291 e. The monoisotopic (exact) mass is 394 g/mol. The molecule has 0 unspecified atom stereocenters. The normalized spacial score (nSPS) is 10.7. The minimum absolute atomic E-state index is 0.123. The van der Waals surface area contributed by atoms with Gasteiger partial charge < -0.3 is 15.5 Å². The molecular weight excluding hydrogens is 383 g/mol. The number of hydrogen-bond acceptors (Lipinski definition) is 3. The molecule has 1 heterocycles. The van der Waals surface area contributed by atoms with E-state index in [1.165, 1.54) is 0 Å². The molecule has 0 saturated carbocycles. The summed E-state index contributed by atoms with van der Waals surface area (Å²) in [5.41, 5.74) is 8.09. The molecule has 0 radical (unpaired) electrons. The third-order valence-electron chi connectivity index (χ3n) is 3.57. The molecule has 0 saturated heterocycles. The maximum absolute atomic E-state index is 12.4. The average molecular weight is 396 g/mol. The Hall–Kier alpha value is -2.14. The van der Waals surface area contributed by atoms with Gasteiger partial charge in [-0.3, -0.25) is 4.79 Å². The fourth-order valence-electron chi connectivity index (χ4n) is 2.40. The van der Waals surface area contributed by atoms with Gasteiger partial charge in [-0.25, -0.2) is 0 Å². The van der Waals surface area contributed by atoms with Crippen molar-refractivity contribution in [1.82, 2.24) is 0 Å². The fraction of sp³-hybridized carbons (Fsp3) is 0.0556. The zero-order valence-electron chi connectivity index (χ0n) is 13.1. The molecule has 3 N–H and O–H groups in total. The highest BCUT2D eigenvalue weighted by molar-refractivity contribution is 6.35. The molecule has 1 aromatic heterocycles. The topological polar surface area (TPSA) is 68.3 Å². The van der Waals surface area contributed by atoms with Crippen molar-refractivity contribution in [1.29, 1.82) is 0 Å². The minimum Gasteiger partial charge on any atom is -0.451 e. The molecule has 0 spiro atoms. The van der Waals surface area contributed by atoms with Crippen molar-refractivity contribution in [2.45, 2.75) is 6.92 Å². The zero-order chi connectivity index (χ0) is 18.1. The largest absolute Gasteiger partial charge is 0.451 e. The van der Waals surface area contributed by atoms with Gasteiger partial charge in [-0.05, 0) is 55.0 Å². The van der Waals surface area contributed by atoms with E-state index < -0.39 is 5.91 Å².